The van der Waals surface area contributed by atoms with Crippen molar-refractivity contribution in [1.82, 2.24) is 15.1 Å². The largest absolute Gasteiger partial charge is 0.468 e. The molecule has 2 aromatic heterocycles. The van der Waals surface area contributed by atoms with E-state index in [-0.39, 0.29) is 0 Å². The van der Waals surface area contributed by atoms with Crippen molar-refractivity contribution in [1.29, 1.82) is 0 Å². The first-order chi connectivity index (χ1) is 6.84. The van der Waals surface area contributed by atoms with Gasteiger partial charge in [0.1, 0.15) is 5.76 Å². The van der Waals surface area contributed by atoms with E-state index in [1.54, 1.807) is 10.9 Å². The first kappa shape index (κ1) is 9.02. The third kappa shape index (κ3) is 2.23. The molecule has 2 heterocycles. The van der Waals surface area contributed by atoms with Crippen molar-refractivity contribution in [3.63, 3.8) is 0 Å². The summed E-state index contributed by atoms with van der Waals surface area (Å²) in [5, 5.41) is 7.50. The van der Waals surface area contributed by atoms with Gasteiger partial charge in [0.15, 0.2) is 0 Å². The van der Waals surface area contributed by atoms with Crippen LogP contribution in [0.15, 0.2) is 35.1 Å². The lowest BCUT2D eigenvalue weighted by Gasteiger charge is -1.98. The fraction of sp³-hybridized carbons (Fsp3) is 0.300. The number of hydrogen-bond donors (Lipinski definition) is 1. The van der Waals surface area contributed by atoms with Crippen molar-refractivity contribution >= 4 is 0 Å². The number of nitrogens with one attached hydrogen (secondary N) is 1. The predicted octanol–water partition coefficient (Wildman–Crippen LogP) is 1.30. The minimum atomic E-state index is 0.740. The van der Waals surface area contributed by atoms with E-state index in [1.165, 1.54) is 0 Å². The van der Waals surface area contributed by atoms with Crippen LogP contribution in [-0.4, -0.2) is 9.78 Å². The minimum Gasteiger partial charge on any atom is -0.468 e. The average molecular weight is 191 g/mol. The van der Waals surface area contributed by atoms with Gasteiger partial charge in [-0.2, -0.15) is 5.10 Å². The number of hydrogen-bond acceptors (Lipinski definition) is 3. The number of nitrogens with zero attached hydrogens (tertiary/aromatic N) is 2. The SMILES string of the molecule is Cn1ccc(CNCc2ccco2)n1. The number of furan rings is 1. The Morgan fingerprint density at radius 3 is 3.00 bits per heavy atom. The normalized spacial score (nSPS) is 10.6. The lowest BCUT2D eigenvalue weighted by molar-refractivity contribution is 0.481. The van der Waals surface area contributed by atoms with Gasteiger partial charge in [-0.05, 0) is 18.2 Å². The van der Waals surface area contributed by atoms with Gasteiger partial charge in [-0.3, -0.25) is 4.68 Å². The molecular formula is C10H13N3O. The fourth-order valence-electron chi connectivity index (χ4n) is 1.28. The second kappa shape index (κ2) is 4.11. The Morgan fingerprint density at radius 1 is 1.43 bits per heavy atom. The van der Waals surface area contributed by atoms with Gasteiger partial charge in [-0.25, -0.2) is 0 Å². The summed E-state index contributed by atoms with van der Waals surface area (Å²) in [5.41, 5.74) is 1.04. The van der Waals surface area contributed by atoms with Crippen molar-refractivity contribution in [2.45, 2.75) is 13.1 Å². The Kier molecular flexibility index (Phi) is 2.65. The molecule has 74 valence electrons. The van der Waals surface area contributed by atoms with E-state index in [4.69, 9.17) is 4.42 Å². The summed E-state index contributed by atoms with van der Waals surface area (Å²) in [6.07, 6.45) is 3.61. The minimum absolute atomic E-state index is 0.740. The maximum Gasteiger partial charge on any atom is 0.117 e. The highest BCUT2D eigenvalue weighted by Gasteiger charge is 1.97. The molecule has 0 spiro atoms. The molecule has 0 aliphatic carbocycles. The standard InChI is InChI=1S/C10H13N3O/c1-13-5-4-9(12-13)7-11-8-10-3-2-6-14-10/h2-6,11H,7-8H2,1H3. The molecule has 0 saturated carbocycles. The van der Waals surface area contributed by atoms with Crippen LogP contribution in [-0.2, 0) is 20.1 Å². The lowest BCUT2D eigenvalue weighted by atomic mass is 10.4. The van der Waals surface area contributed by atoms with Gasteiger partial charge in [0.05, 0.1) is 18.5 Å². The van der Waals surface area contributed by atoms with Crippen molar-refractivity contribution in [3.05, 3.63) is 42.1 Å². The number of aromatic nitrogens is 2. The van der Waals surface area contributed by atoms with Gasteiger partial charge >= 0.3 is 0 Å². The molecule has 0 atom stereocenters. The van der Waals surface area contributed by atoms with Crippen LogP contribution in [0.2, 0.25) is 0 Å². The van der Waals surface area contributed by atoms with Crippen molar-refractivity contribution in [3.8, 4) is 0 Å². The maximum atomic E-state index is 5.19. The van der Waals surface area contributed by atoms with E-state index in [2.05, 4.69) is 10.4 Å². The molecule has 0 aliphatic rings. The zero-order valence-electron chi connectivity index (χ0n) is 8.10. The van der Waals surface area contributed by atoms with E-state index in [1.807, 2.05) is 31.4 Å². The summed E-state index contributed by atoms with van der Waals surface area (Å²) in [5.74, 6) is 0.945. The molecule has 0 unspecified atom stereocenters. The van der Waals surface area contributed by atoms with Gasteiger partial charge in [0.2, 0.25) is 0 Å². The summed E-state index contributed by atoms with van der Waals surface area (Å²) in [6, 6.07) is 5.83. The molecule has 1 N–H and O–H groups in total. The van der Waals surface area contributed by atoms with Crippen molar-refractivity contribution in [2.75, 3.05) is 0 Å². The van der Waals surface area contributed by atoms with Crippen LogP contribution in [0.5, 0.6) is 0 Å². The zero-order valence-corrected chi connectivity index (χ0v) is 8.10. The van der Waals surface area contributed by atoms with E-state index < -0.39 is 0 Å². The molecule has 0 bridgehead atoms. The number of rotatable bonds is 4. The van der Waals surface area contributed by atoms with Crippen LogP contribution >= 0.6 is 0 Å². The predicted molar refractivity (Wildman–Crippen MR) is 52.5 cm³/mol. The van der Waals surface area contributed by atoms with Crippen LogP contribution in [0, 0.1) is 0 Å². The van der Waals surface area contributed by atoms with Gasteiger partial charge in [0, 0.05) is 19.8 Å². The van der Waals surface area contributed by atoms with E-state index in [0.717, 1.165) is 24.5 Å². The Morgan fingerprint density at radius 2 is 2.36 bits per heavy atom. The van der Waals surface area contributed by atoms with Gasteiger partial charge in [-0.15, -0.1) is 0 Å². The quantitative estimate of drug-likeness (QED) is 0.792. The molecule has 4 nitrogen and oxygen atoms in total. The topological polar surface area (TPSA) is 43.0 Å². The summed E-state index contributed by atoms with van der Waals surface area (Å²) < 4.78 is 6.98. The molecule has 4 heteroatoms. The third-order valence-corrected chi connectivity index (χ3v) is 1.95. The first-order valence-electron chi connectivity index (χ1n) is 4.56. The summed E-state index contributed by atoms with van der Waals surface area (Å²) in [4.78, 5) is 0. The van der Waals surface area contributed by atoms with Crippen LogP contribution in [0.25, 0.3) is 0 Å². The van der Waals surface area contributed by atoms with Gasteiger partial charge in [-0.1, -0.05) is 0 Å². The third-order valence-electron chi connectivity index (χ3n) is 1.95. The average Bonchev–Trinajstić information content (AvgIpc) is 2.77. The molecule has 0 saturated heterocycles. The van der Waals surface area contributed by atoms with E-state index in [9.17, 15) is 0 Å². The molecule has 0 aromatic carbocycles. The zero-order chi connectivity index (χ0) is 9.80. The van der Waals surface area contributed by atoms with Crippen LogP contribution in [0.3, 0.4) is 0 Å². The summed E-state index contributed by atoms with van der Waals surface area (Å²) in [6.45, 7) is 1.51. The van der Waals surface area contributed by atoms with Gasteiger partial charge < -0.3 is 9.73 Å². The fourth-order valence-corrected chi connectivity index (χ4v) is 1.28. The molecule has 2 aromatic rings. The monoisotopic (exact) mass is 191 g/mol. The Bertz CT molecular complexity index is 378. The van der Waals surface area contributed by atoms with E-state index in [0.29, 0.717) is 0 Å². The molecule has 0 aliphatic heterocycles. The summed E-state index contributed by atoms with van der Waals surface area (Å²) >= 11 is 0. The Hall–Kier alpha value is -1.55. The van der Waals surface area contributed by atoms with E-state index >= 15 is 0 Å². The molecule has 2 rings (SSSR count). The van der Waals surface area contributed by atoms with Crippen LogP contribution in [0.1, 0.15) is 11.5 Å². The molecular weight excluding hydrogens is 178 g/mol. The first-order valence-corrected chi connectivity index (χ1v) is 4.56. The highest BCUT2D eigenvalue weighted by Crippen LogP contribution is 1.99. The van der Waals surface area contributed by atoms with Crippen molar-refractivity contribution < 1.29 is 4.42 Å². The number of aryl methyl sites for hydroxylation is 1. The second-order valence-corrected chi connectivity index (χ2v) is 3.16. The van der Waals surface area contributed by atoms with Crippen molar-refractivity contribution in [2.24, 2.45) is 7.05 Å². The molecule has 14 heavy (non-hydrogen) atoms. The lowest BCUT2D eigenvalue weighted by Crippen LogP contribution is -2.12. The maximum absolute atomic E-state index is 5.19. The van der Waals surface area contributed by atoms with Gasteiger partial charge in [0.25, 0.3) is 0 Å². The molecule has 0 fully saturated rings. The second-order valence-electron chi connectivity index (χ2n) is 3.16. The molecule has 0 radical (unpaired) electrons. The highest BCUT2D eigenvalue weighted by molar-refractivity contribution is 5.00. The highest BCUT2D eigenvalue weighted by atomic mass is 16.3. The smallest absolute Gasteiger partial charge is 0.117 e. The summed E-state index contributed by atoms with van der Waals surface area (Å²) in [7, 11) is 1.91. The molecule has 0 amide bonds. The Balaban J connectivity index is 1.78. The van der Waals surface area contributed by atoms with Crippen LogP contribution in [0.4, 0.5) is 0 Å². The Labute approximate surface area is 82.5 Å². The van der Waals surface area contributed by atoms with Crippen LogP contribution < -0.4 is 5.32 Å².